The Kier molecular flexibility index (Phi) is 5.22. The molecule has 0 atom stereocenters. The van der Waals surface area contributed by atoms with Crippen LogP contribution < -0.4 is 5.32 Å². The van der Waals surface area contributed by atoms with Gasteiger partial charge in [0.2, 0.25) is 0 Å². The van der Waals surface area contributed by atoms with Gasteiger partial charge >= 0.3 is 6.09 Å². The molecule has 0 aromatic heterocycles. The van der Waals surface area contributed by atoms with E-state index in [1.165, 1.54) is 0 Å². The van der Waals surface area contributed by atoms with E-state index in [9.17, 15) is 22.4 Å². The van der Waals surface area contributed by atoms with Gasteiger partial charge in [0, 0.05) is 0 Å². The lowest BCUT2D eigenvalue weighted by Crippen LogP contribution is -2.17. The number of ether oxygens (including phenoxy) is 1. The van der Waals surface area contributed by atoms with Crippen LogP contribution in [0.5, 0.6) is 0 Å². The van der Waals surface area contributed by atoms with Gasteiger partial charge in [-0.1, -0.05) is 30.3 Å². The van der Waals surface area contributed by atoms with Crippen LogP contribution in [-0.4, -0.2) is 6.09 Å². The first-order chi connectivity index (χ1) is 10.4. The molecule has 0 aliphatic heterocycles. The van der Waals surface area contributed by atoms with Crippen LogP contribution >= 0.6 is 22.6 Å². The molecule has 0 saturated heterocycles. The quantitative estimate of drug-likeness (QED) is 0.338. The van der Waals surface area contributed by atoms with Gasteiger partial charge < -0.3 is 4.74 Å². The average Bonchev–Trinajstić information content (AvgIpc) is 2.54. The number of rotatable bonds is 3. The van der Waals surface area contributed by atoms with Crippen LogP contribution in [0.4, 0.5) is 28.0 Å². The summed E-state index contributed by atoms with van der Waals surface area (Å²) in [5.41, 5.74) is -0.591. The van der Waals surface area contributed by atoms with E-state index in [4.69, 9.17) is 4.74 Å². The third-order valence-electron chi connectivity index (χ3n) is 2.65. The normalized spacial score (nSPS) is 10.4. The van der Waals surface area contributed by atoms with Gasteiger partial charge in [-0.05, 0) is 28.2 Å². The van der Waals surface area contributed by atoms with Crippen molar-refractivity contribution in [1.82, 2.24) is 0 Å². The molecule has 2 aromatic rings. The Morgan fingerprint density at radius 2 is 1.55 bits per heavy atom. The molecule has 0 spiro atoms. The maximum Gasteiger partial charge on any atom is 0.412 e. The molecule has 0 radical (unpaired) electrons. The van der Waals surface area contributed by atoms with Crippen molar-refractivity contribution < 1.29 is 27.1 Å². The van der Waals surface area contributed by atoms with Crippen LogP contribution in [0.15, 0.2) is 30.3 Å². The number of hydrogen-bond donors (Lipinski definition) is 1. The van der Waals surface area contributed by atoms with Gasteiger partial charge in [0.1, 0.15) is 12.3 Å². The Labute approximate surface area is 136 Å². The van der Waals surface area contributed by atoms with E-state index in [0.29, 0.717) is 5.56 Å². The van der Waals surface area contributed by atoms with Gasteiger partial charge in [-0.2, -0.15) is 0 Å². The van der Waals surface area contributed by atoms with Crippen molar-refractivity contribution in [3.63, 3.8) is 0 Å². The van der Waals surface area contributed by atoms with Crippen molar-refractivity contribution in [2.24, 2.45) is 0 Å². The second-order valence-electron chi connectivity index (χ2n) is 4.13. The lowest BCUT2D eigenvalue weighted by atomic mass is 10.2. The molecular weight excluding hydrogens is 417 g/mol. The zero-order valence-electron chi connectivity index (χ0n) is 10.8. The van der Waals surface area contributed by atoms with Crippen molar-refractivity contribution in [2.75, 3.05) is 5.32 Å². The summed E-state index contributed by atoms with van der Waals surface area (Å²) in [6, 6.07) is 8.50. The monoisotopic (exact) mass is 425 g/mol. The van der Waals surface area contributed by atoms with Crippen molar-refractivity contribution in [1.29, 1.82) is 0 Å². The molecule has 1 amide bonds. The first kappa shape index (κ1) is 16.5. The summed E-state index contributed by atoms with van der Waals surface area (Å²) in [5, 5.41) is 1.66. The molecule has 0 unspecified atom stereocenters. The molecule has 0 saturated carbocycles. The Morgan fingerprint density at radius 3 is 2.09 bits per heavy atom. The highest BCUT2D eigenvalue weighted by atomic mass is 127. The van der Waals surface area contributed by atoms with E-state index in [1.54, 1.807) is 35.6 Å². The lowest BCUT2D eigenvalue weighted by molar-refractivity contribution is 0.155. The third-order valence-corrected chi connectivity index (χ3v) is 3.60. The molecule has 0 aliphatic carbocycles. The van der Waals surface area contributed by atoms with Gasteiger partial charge in [0.25, 0.3) is 0 Å². The Morgan fingerprint density at radius 1 is 1.00 bits per heavy atom. The van der Waals surface area contributed by atoms with Crippen LogP contribution in [-0.2, 0) is 11.3 Å². The van der Waals surface area contributed by atoms with Crippen LogP contribution in [0.3, 0.4) is 0 Å². The summed E-state index contributed by atoms with van der Waals surface area (Å²) in [6.45, 7) is -0.161. The van der Waals surface area contributed by atoms with Crippen LogP contribution in [0.2, 0.25) is 0 Å². The summed E-state index contributed by atoms with van der Waals surface area (Å²) in [6.07, 6.45) is -1.23. The number of amides is 1. The molecule has 0 bridgehead atoms. The summed E-state index contributed by atoms with van der Waals surface area (Å²) in [4.78, 5) is 11.5. The molecule has 8 heteroatoms. The minimum atomic E-state index is -1.69. The van der Waals surface area contributed by atoms with Crippen molar-refractivity contribution in [3.05, 3.63) is 62.7 Å². The van der Waals surface area contributed by atoms with Crippen LogP contribution in [0.25, 0.3) is 0 Å². The predicted octanol–water partition coefficient (Wildman–Crippen LogP) is 4.60. The van der Waals surface area contributed by atoms with Gasteiger partial charge in [0.05, 0.1) is 3.57 Å². The Hall–Kier alpha value is -1.84. The van der Waals surface area contributed by atoms with Crippen LogP contribution in [0, 0.1) is 26.8 Å². The fourth-order valence-electron chi connectivity index (χ4n) is 1.58. The molecule has 0 heterocycles. The lowest BCUT2D eigenvalue weighted by Gasteiger charge is -2.11. The van der Waals surface area contributed by atoms with E-state index in [1.807, 2.05) is 0 Å². The molecule has 0 aliphatic rings. The molecule has 3 nitrogen and oxygen atoms in total. The number of benzene rings is 2. The van der Waals surface area contributed by atoms with Gasteiger partial charge in [0.15, 0.2) is 23.3 Å². The first-order valence-electron chi connectivity index (χ1n) is 5.91. The fourth-order valence-corrected chi connectivity index (χ4v) is 2.05. The summed E-state index contributed by atoms with van der Waals surface area (Å²) in [5.74, 6) is -6.56. The maximum absolute atomic E-state index is 13.6. The van der Waals surface area contributed by atoms with E-state index in [0.717, 1.165) is 22.6 Å². The molecule has 2 aromatic carbocycles. The molecule has 2 rings (SSSR count). The van der Waals surface area contributed by atoms with E-state index in [-0.39, 0.29) is 6.61 Å². The number of hydrogen-bond acceptors (Lipinski definition) is 2. The summed E-state index contributed by atoms with van der Waals surface area (Å²) in [7, 11) is 0. The zero-order valence-corrected chi connectivity index (χ0v) is 13.0. The number of halogens is 5. The van der Waals surface area contributed by atoms with Crippen molar-refractivity contribution in [2.45, 2.75) is 6.61 Å². The Bertz CT molecular complexity index is 681. The molecule has 0 fully saturated rings. The van der Waals surface area contributed by atoms with Crippen LogP contribution in [0.1, 0.15) is 5.56 Å². The van der Waals surface area contributed by atoms with Gasteiger partial charge in [-0.15, -0.1) is 0 Å². The van der Waals surface area contributed by atoms with Gasteiger partial charge in [-0.25, -0.2) is 22.4 Å². The van der Waals surface area contributed by atoms with E-state index in [2.05, 4.69) is 0 Å². The van der Waals surface area contributed by atoms with Crippen molar-refractivity contribution in [3.8, 4) is 0 Å². The number of carbonyl (C=O) groups is 1. The highest BCUT2D eigenvalue weighted by Crippen LogP contribution is 2.29. The van der Waals surface area contributed by atoms with Crippen molar-refractivity contribution >= 4 is 34.4 Å². The van der Waals surface area contributed by atoms with E-state index >= 15 is 0 Å². The number of carbonyl (C=O) groups excluding carboxylic acids is 1. The minimum Gasteiger partial charge on any atom is -0.444 e. The fraction of sp³-hybridized carbons (Fsp3) is 0.0714. The molecular formula is C14H8F4INO2. The standard InChI is InChI=1S/C14H8F4INO2/c15-8-10(17)13(11(18)9(16)12(8)19)20-14(21)22-6-7-4-2-1-3-5-7/h1-5H,6H2,(H,20,21). The minimum absolute atomic E-state index is 0.161. The highest BCUT2D eigenvalue weighted by Gasteiger charge is 2.25. The van der Waals surface area contributed by atoms with Gasteiger partial charge in [-0.3, -0.25) is 5.32 Å². The number of anilines is 1. The number of nitrogens with one attached hydrogen (secondary N) is 1. The second kappa shape index (κ2) is 6.95. The van der Waals surface area contributed by atoms with E-state index < -0.39 is 38.6 Å². The molecule has 1 N–H and O–H groups in total. The average molecular weight is 425 g/mol. The zero-order chi connectivity index (χ0) is 16.3. The molecule has 116 valence electrons. The SMILES string of the molecule is O=C(Nc1c(F)c(F)c(I)c(F)c1F)OCc1ccccc1. The topological polar surface area (TPSA) is 38.3 Å². The summed E-state index contributed by atoms with van der Waals surface area (Å²) < 4.78 is 57.7. The smallest absolute Gasteiger partial charge is 0.412 e. The second-order valence-corrected chi connectivity index (χ2v) is 5.21. The first-order valence-corrected chi connectivity index (χ1v) is 6.98. The highest BCUT2D eigenvalue weighted by molar-refractivity contribution is 14.1. The third kappa shape index (κ3) is 3.49. The Balaban J connectivity index is 2.12. The maximum atomic E-state index is 13.6. The summed E-state index contributed by atoms with van der Waals surface area (Å²) >= 11 is 1.12. The molecule has 22 heavy (non-hydrogen) atoms. The largest absolute Gasteiger partial charge is 0.444 e. The predicted molar refractivity (Wildman–Crippen MR) is 79.2 cm³/mol.